The van der Waals surface area contributed by atoms with E-state index in [-0.39, 0.29) is 17.4 Å². The van der Waals surface area contributed by atoms with E-state index in [1.807, 2.05) is 52.0 Å². The summed E-state index contributed by atoms with van der Waals surface area (Å²) in [7, 11) is 0. The van der Waals surface area contributed by atoms with Crippen LogP contribution in [0.4, 0.5) is 0 Å². The van der Waals surface area contributed by atoms with Gasteiger partial charge in [-0.3, -0.25) is 4.79 Å². The minimum Gasteiger partial charge on any atom is -0.491 e. The van der Waals surface area contributed by atoms with Gasteiger partial charge in [0.05, 0.1) is 25.7 Å². The summed E-state index contributed by atoms with van der Waals surface area (Å²) in [5, 5.41) is 0. The number of hydrogen-bond donors (Lipinski definition) is 0. The molecule has 0 aromatic heterocycles. The number of carbonyl (C=O) groups is 1. The van der Waals surface area contributed by atoms with Crippen molar-refractivity contribution in [3.63, 3.8) is 0 Å². The van der Waals surface area contributed by atoms with Crippen LogP contribution >= 0.6 is 0 Å². The van der Waals surface area contributed by atoms with E-state index in [2.05, 4.69) is 32.9 Å². The largest absolute Gasteiger partial charge is 0.491 e. The van der Waals surface area contributed by atoms with Crippen molar-refractivity contribution in [1.29, 1.82) is 0 Å². The van der Waals surface area contributed by atoms with Gasteiger partial charge in [0.2, 0.25) is 5.91 Å². The summed E-state index contributed by atoms with van der Waals surface area (Å²) in [5.41, 5.74) is 2.14. The first-order chi connectivity index (χ1) is 22.4. The van der Waals surface area contributed by atoms with Crippen molar-refractivity contribution in [2.75, 3.05) is 59.0 Å². The molecule has 7 heteroatoms. The maximum atomic E-state index is 14.0. The molecule has 3 aliphatic heterocycles. The number of likely N-dealkylation sites (tertiary alicyclic amines) is 3. The van der Waals surface area contributed by atoms with Crippen molar-refractivity contribution in [1.82, 2.24) is 14.7 Å². The van der Waals surface area contributed by atoms with Gasteiger partial charge in [-0.2, -0.15) is 0 Å². The van der Waals surface area contributed by atoms with Gasteiger partial charge < -0.3 is 28.9 Å². The van der Waals surface area contributed by atoms with Crippen molar-refractivity contribution in [2.45, 2.75) is 109 Å². The first-order valence-corrected chi connectivity index (χ1v) is 18.3. The first-order valence-electron chi connectivity index (χ1n) is 18.3. The molecule has 0 unspecified atom stereocenters. The molecule has 7 nitrogen and oxygen atoms in total. The zero-order chi connectivity index (χ0) is 32.4. The quantitative estimate of drug-likeness (QED) is 0.235. The number of hydrogen-bond acceptors (Lipinski definition) is 6. The molecule has 0 N–H and O–H groups in total. The van der Waals surface area contributed by atoms with Crippen LogP contribution in [-0.2, 0) is 16.6 Å². The highest BCUT2D eigenvalue weighted by molar-refractivity contribution is 5.79. The monoisotopic (exact) mass is 633 g/mol. The molecule has 1 amide bonds. The smallest absolute Gasteiger partial charge is 0.227 e. The van der Waals surface area contributed by atoms with Crippen LogP contribution in [0.25, 0.3) is 0 Å². The Morgan fingerprint density at radius 3 is 2.35 bits per heavy atom. The molecular weight excluding hydrogens is 574 g/mol. The number of nitrogens with zero attached hydrogens (tertiary/aromatic N) is 3. The Morgan fingerprint density at radius 2 is 1.61 bits per heavy atom. The normalized spacial score (nSPS) is 22.1. The number of ether oxygens (including phenoxy) is 3. The summed E-state index contributed by atoms with van der Waals surface area (Å²) in [6.07, 6.45) is 11.4. The van der Waals surface area contributed by atoms with Crippen molar-refractivity contribution < 1.29 is 19.0 Å². The third kappa shape index (κ3) is 9.19. The van der Waals surface area contributed by atoms with Gasteiger partial charge in [-0.15, -0.1) is 0 Å². The zero-order valence-electron chi connectivity index (χ0n) is 29.1. The maximum absolute atomic E-state index is 14.0. The molecule has 3 heterocycles. The Bertz CT molecular complexity index is 1240. The lowest BCUT2D eigenvalue weighted by Crippen LogP contribution is -2.48. The third-order valence-corrected chi connectivity index (χ3v) is 10.3. The van der Waals surface area contributed by atoms with E-state index in [9.17, 15) is 4.79 Å². The fraction of sp³-hybridized carbons (Fsp3) is 0.667. The SMILES string of the molecule is CCOc1ccc([C@@]2(CCN3CCC(N4CCCCC4)CC3)CCCCN(C(=O)Cc3cccc(OC(C)C)c3)C2)cc1OCC. The van der Waals surface area contributed by atoms with E-state index < -0.39 is 0 Å². The fourth-order valence-electron chi connectivity index (χ4n) is 7.92. The van der Waals surface area contributed by atoms with Crippen molar-refractivity contribution >= 4 is 5.91 Å². The van der Waals surface area contributed by atoms with E-state index in [1.54, 1.807) is 0 Å². The number of piperidine rings is 2. The molecule has 254 valence electrons. The number of rotatable bonds is 13. The molecule has 0 aliphatic carbocycles. The van der Waals surface area contributed by atoms with Crippen LogP contribution in [0.1, 0.15) is 96.6 Å². The summed E-state index contributed by atoms with van der Waals surface area (Å²) in [6.45, 7) is 16.8. The highest BCUT2D eigenvalue weighted by Crippen LogP contribution is 2.41. The maximum Gasteiger partial charge on any atom is 0.227 e. The second kappa shape index (κ2) is 16.9. The lowest BCUT2D eigenvalue weighted by molar-refractivity contribution is -0.131. The molecule has 2 aromatic rings. The van der Waals surface area contributed by atoms with Crippen LogP contribution in [0.2, 0.25) is 0 Å². The summed E-state index contributed by atoms with van der Waals surface area (Å²) in [6, 6.07) is 15.4. The van der Waals surface area contributed by atoms with Crippen LogP contribution in [0, 0.1) is 0 Å². The molecule has 3 saturated heterocycles. The minimum absolute atomic E-state index is 0.100. The second-order valence-corrected chi connectivity index (χ2v) is 14.0. The van der Waals surface area contributed by atoms with Crippen molar-refractivity contribution in [3.8, 4) is 17.2 Å². The van der Waals surface area contributed by atoms with Gasteiger partial charge in [0.15, 0.2) is 11.5 Å². The molecule has 3 fully saturated rings. The molecule has 1 atom stereocenters. The molecule has 5 rings (SSSR count). The Kier molecular flexibility index (Phi) is 12.7. The molecule has 46 heavy (non-hydrogen) atoms. The Balaban J connectivity index is 1.35. The molecule has 0 radical (unpaired) electrons. The summed E-state index contributed by atoms with van der Waals surface area (Å²) >= 11 is 0. The van der Waals surface area contributed by atoms with E-state index >= 15 is 0 Å². The molecule has 0 saturated carbocycles. The lowest BCUT2D eigenvalue weighted by Gasteiger charge is -2.42. The average Bonchev–Trinajstić information content (AvgIpc) is 3.29. The van der Waals surface area contributed by atoms with E-state index in [4.69, 9.17) is 14.2 Å². The van der Waals surface area contributed by atoms with E-state index in [0.29, 0.717) is 19.6 Å². The Morgan fingerprint density at radius 1 is 0.870 bits per heavy atom. The van der Waals surface area contributed by atoms with Crippen LogP contribution in [0.15, 0.2) is 42.5 Å². The van der Waals surface area contributed by atoms with E-state index in [0.717, 1.165) is 74.2 Å². The standard InChI is InChI=1S/C39H59N3O4/c1-5-44-36-16-15-33(29-37(36)45-6-2)39(20-26-40-24-17-34(18-25-40)41-21-9-7-10-22-41)19-8-11-23-42(30-39)38(43)28-32-13-12-14-35(27-32)46-31(3)4/h12-16,27,29,31,34H,5-11,17-26,28,30H2,1-4H3/t39-/m1/s1. The summed E-state index contributed by atoms with van der Waals surface area (Å²) in [5.74, 6) is 2.64. The van der Waals surface area contributed by atoms with Crippen molar-refractivity contribution in [2.24, 2.45) is 0 Å². The van der Waals surface area contributed by atoms with Crippen molar-refractivity contribution in [3.05, 3.63) is 53.6 Å². The third-order valence-electron chi connectivity index (χ3n) is 10.3. The molecule has 3 aliphatic rings. The van der Waals surface area contributed by atoms with Gasteiger partial charge in [0.25, 0.3) is 0 Å². The van der Waals surface area contributed by atoms with Crippen LogP contribution < -0.4 is 14.2 Å². The minimum atomic E-state index is -0.144. The lowest BCUT2D eigenvalue weighted by atomic mass is 9.73. The molecule has 0 spiro atoms. The van der Waals surface area contributed by atoms with Gasteiger partial charge in [0.1, 0.15) is 5.75 Å². The van der Waals surface area contributed by atoms with Gasteiger partial charge in [-0.1, -0.05) is 31.0 Å². The number of benzene rings is 2. The summed E-state index contributed by atoms with van der Waals surface area (Å²) in [4.78, 5) is 21.6. The fourth-order valence-corrected chi connectivity index (χ4v) is 7.92. The van der Waals surface area contributed by atoms with Gasteiger partial charge in [0, 0.05) is 24.5 Å². The highest BCUT2D eigenvalue weighted by atomic mass is 16.5. The van der Waals surface area contributed by atoms with Crippen LogP contribution in [-0.4, -0.2) is 91.8 Å². The van der Waals surface area contributed by atoms with Crippen LogP contribution in [0.5, 0.6) is 17.2 Å². The number of carbonyl (C=O) groups excluding carboxylic acids is 1. The predicted octanol–water partition coefficient (Wildman–Crippen LogP) is 7.10. The van der Waals surface area contributed by atoms with E-state index in [1.165, 1.54) is 63.8 Å². The van der Waals surface area contributed by atoms with Crippen LogP contribution in [0.3, 0.4) is 0 Å². The van der Waals surface area contributed by atoms with Gasteiger partial charge >= 0.3 is 0 Å². The molecular formula is C39H59N3O4. The molecule has 0 bridgehead atoms. The predicted molar refractivity (Wildman–Crippen MR) is 186 cm³/mol. The highest BCUT2D eigenvalue weighted by Gasteiger charge is 2.38. The Labute approximate surface area is 278 Å². The zero-order valence-corrected chi connectivity index (χ0v) is 29.1. The topological polar surface area (TPSA) is 54.5 Å². The van der Waals surface area contributed by atoms with Gasteiger partial charge in [-0.25, -0.2) is 0 Å². The Hall–Kier alpha value is -2.77. The second-order valence-electron chi connectivity index (χ2n) is 14.0. The summed E-state index contributed by atoms with van der Waals surface area (Å²) < 4.78 is 18.0. The molecule has 2 aromatic carbocycles. The average molecular weight is 634 g/mol. The number of amides is 1. The first kappa shape index (κ1) is 34.6. The van der Waals surface area contributed by atoms with Gasteiger partial charge in [-0.05, 0) is 141 Å².